The van der Waals surface area contributed by atoms with Crippen LogP contribution in [0.3, 0.4) is 0 Å². The topological polar surface area (TPSA) is 46.5 Å². The minimum atomic E-state index is -1.33. The average Bonchev–Trinajstić information content (AvgIpc) is 2.94. The van der Waals surface area contributed by atoms with Crippen LogP contribution in [-0.4, -0.2) is 23.3 Å². The summed E-state index contributed by atoms with van der Waals surface area (Å²) in [5, 5.41) is 10.6. The summed E-state index contributed by atoms with van der Waals surface area (Å²) in [4.78, 5) is 12.3. The number of carbonyl (C=O) groups excluding carboxylic acids is 1. The van der Waals surface area contributed by atoms with Crippen molar-refractivity contribution in [1.82, 2.24) is 0 Å². The summed E-state index contributed by atoms with van der Waals surface area (Å²) < 4.78 is 5.42. The summed E-state index contributed by atoms with van der Waals surface area (Å²) in [6, 6.07) is 0. The Balaban J connectivity index is 3.41. The van der Waals surface area contributed by atoms with Crippen LogP contribution in [0.1, 0.15) is 221 Å². The van der Waals surface area contributed by atoms with Crippen LogP contribution in [0, 0.1) is 11.8 Å². The molecule has 0 saturated carbocycles. The molecule has 0 aromatic carbocycles. The van der Waals surface area contributed by atoms with Crippen molar-refractivity contribution in [1.29, 1.82) is 0 Å². The van der Waals surface area contributed by atoms with E-state index in [0.717, 1.165) is 37.5 Å². The molecule has 0 aliphatic rings. The summed E-state index contributed by atoms with van der Waals surface area (Å²) in [6.45, 7) is 11.4. The molecule has 0 bridgehead atoms. The number of hydrogen-bond donors (Lipinski definition) is 1. The first-order valence-corrected chi connectivity index (χ1v) is 19.1. The number of rotatable bonds is 33. The number of ether oxygens (including phenoxy) is 1. The van der Waals surface area contributed by atoms with Crippen LogP contribution in [0.2, 0.25) is 0 Å². The van der Waals surface area contributed by atoms with Gasteiger partial charge in [-0.25, -0.2) is 4.79 Å². The van der Waals surface area contributed by atoms with Crippen LogP contribution in [0.4, 0.5) is 0 Å². The van der Waals surface area contributed by atoms with Crippen LogP contribution in [0.25, 0.3) is 0 Å². The second kappa shape index (κ2) is 30.5. The van der Waals surface area contributed by atoms with Gasteiger partial charge < -0.3 is 9.84 Å². The van der Waals surface area contributed by atoms with E-state index in [-0.39, 0.29) is 0 Å². The van der Waals surface area contributed by atoms with E-state index in [1.165, 1.54) is 154 Å². The first-order valence-electron chi connectivity index (χ1n) is 19.1. The van der Waals surface area contributed by atoms with Gasteiger partial charge in [0.1, 0.15) is 0 Å². The van der Waals surface area contributed by atoms with E-state index in [0.29, 0.717) is 13.0 Å². The maximum atomic E-state index is 12.3. The lowest BCUT2D eigenvalue weighted by Gasteiger charge is -2.21. The van der Waals surface area contributed by atoms with Crippen LogP contribution in [-0.2, 0) is 9.53 Å². The fraction of sp³-hybridized carbons (Fsp3) is 0.974. The molecule has 0 aliphatic heterocycles. The Bertz CT molecular complexity index is 554. The zero-order valence-electron chi connectivity index (χ0n) is 29.6. The normalized spacial score (nSPS) is 13.2. The van der Waals surface area contributed by atoms with E-state index in [2.05, 4.69) is 27.7 Å². The van der Waals surface area contributed by atoms with Crippen molar-refractivity contribution >= 4 is 5.97 Å². The maximum absolute atomic E-state index is 12.3. The summed E-state index contributed by atoms with van der Waals surface area (Å²) in [7, 11) is 0. The van der Waals surface area contributed by atoms with Crippen molar-refractivity contribution in [3.63, 3.8) is 0 Å². The molecule has 3 nitrogen and oxygen atoms in total. The van der Waals surface area contributed by atoms with Gasteiger partial charge in [0.05, 0.1) is 6.61 Å². The SMILES string of the molecule is CC(C)CCCCCCCCCCCCCCCOC(=O)C(C)(O)CCCCCCCCCCCCCCCC(C)C. The fourth-order valence-corrected chi connectivity index (χ4v) is 5.99. The lowest BCUT2D eigenvalue weighted by atomic mass is 9.97. The molecule has 42 heavy (non-hydrogen) atoms. The highest BCUT2D eigenvalue weighted by Crippen LogP contribution is 2.19. The molecule has 252 valence electrons. The predicted molar refractivity (Wildman–Crippen MR) is 185 cm³/mol. The van der Waals surface area contributed by atoms with Crippen LogP contribution in [0.5, 0.6) is 0 Å². The summed E-state index contributed by atoms with van der Waals surface area (Å²) >= 11 is 0. The van der Waals surface area contributed by atoms with Gasteiger partial charge in [0.2, 0.25) is 0 Å². The van der Waals surface area contributed by atoms with Gasteiger partial charge in [0, 0.05) is 0 Å². The molecular weight excluding hydrogens is 516 g/mol. The lowest BCUT2D eigenvalue weighted by molar-refractivity contribution is -0.164. The Kier molecular flexibility index (Phi) is 30.0. The molecule has 1 N–H and O–H groups in total. The summed E-state index contributed by atoms with van der Waals surface area (Å²) in [5.41, 5.74) is -1.33. The van der Waals surface area contributed by atoms with Crippen molar-refractivity contribution in [3.8, 4) is 0 Å². The number of carbonyl (C=O) groups is 1. The lowest BCUT2D eigenvalue weighted by Crippen LogP contribution is -2.37. The van der Waals surface area contributed by atoms with E-state index in [1.807, 2.05) is 0 Å². The Morgan fingerprint density at radius 1 is 0.476 bits per heavy atom. The van der Waals surface area contributed by atoms with Gasteiger partial charge >= 0.3 is 5.97 Å². The largest absolute Gasteiger partial charge is 0.464 e. The monoisotopic (exact) mass is 595 g/mol. The van der Waals surface area contributed by atoms with E-state index in [1.54, 1.807) is 6.92 Å². The van der Waals surface area contributed by atoms with E-state index in [4.69, 9.17) is 4.74 Å². The van der Waals surface area contributed by atoms with Gasteiger partial charge in [-0.3, -0.25) is 0 Å². The molecule has 0 aliphatic carbocycles. The second-order valence-corrected chi connectivity index (χ2v) is 14.7. The molecule has 0 fully saturated rings. The number of aliphatic hydroxyl groups is 1. The van der Waals surface area contributed by atoms with Gasteiger partial charge in [-0.2, -0.15) is 0 Å². The van der Waals surface area contributed by atoms with Crippen LogP contribution >= 0.6 is 0 Å². The quantitative estimate of drug-likeness (QED) is 0.0607. The third-order valence-corrected chi connectivity index (χ3v) is 9.04. The molecular formula is C39H78O3. The third-order valence-electron chi connectivity index (χ3n) is 9.04. The summed E-state index contributed by atoms with van der Waals surface area (Å²) in [5.74, 6) is 1.29. The molecule has 0 radical (unpaired) electrons. The average molecular weight is 595 g/mol. The molecule has 0 amide bonds. The van der Waals surface area contributed by atoms with Gasteiger partial charge in [-0.15, -0.1) is 0 Å². The van der Waals surface area contributed by atoms with E-state index < -0.39 is 11.6 Å². The molecule has 0 heterocycles. The molecule has 1 unspecified atom stereocenters. The molecule has 0 spiro atoms. The fourth-order valence-electron chi connectivity index (χ4n) is 5.99. The van der Waals surface area contributed by atoms with Crippen LogP contribution in [0.15, 0.2) is 0 Å². The molecule has 3 heteroatoms. The minimum Gasteiger partial charge on any atom is -0.464 e. The molecule has 1 atom stereocenters. The van der Waals surface area contributed by atoms with Crippen LogP contribution < -0.4 is 0 Å². The Morgan fingerprint density at radius 2 is 0.738 bits per heavy atom. The minimum absolute atomic E-state index is 0.428. The highest BCUT2D eigenvalue weighted by Gasteiger charge is 2.31. The van der Waals surface area contributed by atoms with Gasteiger partial charge in [0.25, 0.3) is 0 Å². The van der Waals surface area contributed by atoms with Crippen molar-refractivity contribution in [2.24, 2.45) is 11.8 Å². The van der Waals surface area contributed by atoms with E-state index >= 15 is 0 Å². The molecule has 0 aromatic rings. The first kappa shape index (κ1) is 41.4. The highest BCUT2D eigenvalue weighted by atomic mass is 16.5. The zero-order valence-corrected chi connectivity index (χ0v) is 29.6. The Labute approximate surface area is 265 Å². The number of esters is 1. The smallest absolute Gasteiger partial charge is 0.337 e. The Morgan fingerprint density at radius 3 is 1.05 bits per heavy atom. The van der Waals surface area contributed by atoms with Crippen molar-refractivity contribution in [2.45, 2.75) is 226 Å². The molecule has 0 saturated heterocycles. The Hall–Kier alpha value is -0.570. The predicted octanol–water partition coefficient (Wildman–Crippen LogP) is 12.9. The summed E-state index contributed by atoms with van der Waals surface area (Å²) in [6.07, 6.45) is 37.4. The van der Waals surface area contributed by atoms with Crippen molar-refractivity contribution in [2.75, 3.05) is 6.61 Å². The van der Waals surface area contributed by atoms with Crippen molar-refractivity contribution < 1.29 is 14.6 Å². The van der Waals surface area contributed by atoms with E-state index in [9.17, 15) is 9.90 Å². The maximum Gasteiger partial charge on any atom is 0.337 e. The number of unbranched alkanes of at least 4 members (excludes halogenated alkanes) is 24. The highest BCUT2D eigenvalue weighted by molar-refractivity contribution is 5.78. The molecule has 0 aromatic heterocycles. The van der Waals surface area contributed by atoms with Gasteiger partial charge in [-0.05, 0) is 38.0 Å². The standard InChI is InChI=1S/C39H78O3/c1-36(2)32-28-24-20-16-12-8-6-10-14-18-22-26-30-34-39(5,41)38(40)42-35-31-27-23-19-15-11-7-9-13-17-21-25-29-33-37(3)4/h36-37,41H,6-35H2,1-5H3. The molecule has 0 rings (SSSR count). The van der Waals surface area contributed by atoms with Gasteiger partial charge in [-0.1, -0.05) is 195 Å². The third kappa shape index (κ3) is 30.9. The van der Waals surface area contributed by atoms with Gasteiger partial charge in [0.15, 0.2) is 5.60 Å². The number of hydrogen-bond acceptors (Lipinski definition) is 3. The second-order valence-electron chi connectivity index (χ2n) is 14.7. The zero-order chi connectivity index (χ0) is 31.2. The first-order chi connectivity index (χ1) is 20.3. The van der Waals surface area contributed by atoms with Crippen molar-refractivity contribution in [3.05, 3.63) is 0 Å².